The van der Waals surface area contributed by atoms with E-state index in [2.05, 4.69) is 5.32 Å². The maximum absolute atomic E-state index is 13.0. The molecule has 0 radical (unpaired) electrons. The lowest BCUT2D eigenvalue weighted by atomic mass is 10.1. The molecule has 2 aromatic rings. The topological polar surface area (TPSA) is 67.9 Å². The van der Waals surface area contributed by atoms with Gasteiger partial charge in [-0.25, -0.2) is 0 Å². The standard InChI is InChI=1S/C21H22N2O4/c1-26-19-10-6-5-9-17(19)20(24)22-18(15-16-7-3-2-4-8-16)21(25)23-11-13-27-14-12-23/h2-10,15H,11-14H2,1H3,(H,22,24)/b18-15+. The number of methoxy groups -OCH3 is 1. The van der Waals surface area contributed by atoms with Crippen molar-refractivity contribution in [1.82, 2.24) is 10.2 Å². The first-order valence-corrected chi connectivity index (χ1v) is 8.77. The minimum Gasteiger partial charge on any atom is -0.496 e. The SMILES string of the molecule is COc1ccccc1C(=O)N/C(=C/c1ccccc1)C(=O)N1CCOCC1. The molecule has 0 unspecified atom stereocenters. The van der Waals surface area contributed by atoms with Crippen LogP contribution in [-0.2, 0) is 9.53 Å². The third kappa shape index (κ3) is 4.74. The monoisotopic (exact) mass is 366 g/mol. The van der Waals surface area contributed by atoms with Crippen LogP contribution in [0.25, 0.3) is 6.08 Å². The first-order valence-electron chi connectivity index (χ1n) is 8.77. The average molecular weight is 366 g/mol. The summed E-state index contributed by atoms with van der Waals surface area (Å²) in [5.74, 6) is -0.172. The largest absolute Gasteiger partial charge is 0.496 e. The number of ether oxygens (including phenoxy) is 2. The highest BCUT2D eigenvalue weighted by molar-refractivity contribution is 6.06. The molecular formula is C21H22N2O4. The molecule has 27 heavy (non-hydrogen) atoms. The molecular weight excluding hydrogens is 344 g/mol. The molecule has 0 spiro atoms. The van der Waals surface area contributed by atoms with Crippen LogP contribution in [0.5, 0.6) is 5.75 Å². The van der Waals surface area contributed by atoms with Gasteiger partial charge in [0.15, 0.2) is 0 Å². The number of morpholine rings is 1. The normalized spacial score (nSPS) is 14.6. The Labute approximate surface area is 158 Å². The van der Waals surface area contributed by atoms with Crippen LogP contribution in [0.4, 0.5) is 0 Å². The first kappa shape index (κ1) is 18.7. The Kier molecular flexibility index (Phi) is 6.22. The van der Waals surface area contributed by atoms with Gasteiger partial charge in [-0.1, -0.05) is 42.5 Å². The zero-order valence-corrected chi connectivity index (χ0v) is 15.2. The number of carbonyl (C=O) groups is 2. The van der Waals surface area contributed by atoms with Gasteiger partial charge in [-0.2, -0.15) is 0 Å². The Morgan fingerprint density at radius 1 is 1.04 bits per heavy atom. The van der Waals surface area contributed by atoms with Crippen molar-refractivity contribution in [2.75, 3.05) is 33.4 Å². The Morgan fingerprint density at radius 2 is 1.70 bits per heavy atom. The smallest absolute Gasteiger partial charge is 0.270 e. The number of para-hydroxylation sites is 1. The van der Waals surface area contributed by atoms with Crippen molar-refractivity contribution in [3.8, 4) is 5.75 Å². The number of nitrogens with zero attached hydrogens (tertiary/aromatic N) is 1. The number of carbonyl (C=O) groups excluding carboxylic acids is 2. The number of hydrogen-bond acceptors (Lipinski definition) is 4. The van der Waals surface area contributed by atoms with E-state index in [4.69, 9.17) is 9.47 Å². The predicted octanol–water partition coefficient (Wildman–Crippen LogP) is 2.32. The van der Waals surface area contributed by atoms with Gasteiger partial charge in [-0.05, 0) is 23.8 Å². The second kappa shape index (κ2) is 9.00. The summed E-state index contributed by atoms with van der Waals surface area (Å²) < 4.78 is 10.6. The molecule has 2 amide bonds. The Morgan fingerprint density at radius 3 is 2.41 bits per heavy atom. The van der Waals surface area contributed by atoms with E-state index in [1.54, 1.807) is 35.2 Å². The summed E-state index contributed by atoms with van der Waals surface area (Å²) in [6, 6.07) is 16.3. The van der Waals surface area contributed by atoms with Crippen LogP contribution in [0.3, 0.4) is 0 Å². The quantitative estimate of drug-likeness (QED) is 0.825. The van der Waals surface area contributed by atoms with E-state index in [0.717, 1.165) is 5.56 Å². The van der Waals surface area contributed by atoms with Gasteiger partial charge in [0.25, 0.3) is 11.8 Å². The van der Waals surface area contributed by atoms with E-state index in [1.165, 1.54) is 7.11 Å². The molecule has 1 N–H and O–H groups in total. The highest BCUT2D eigenvalue weighted by Gasteiger charge is 2.23. The molecule has 0 aromatic heterocycles. The lowest BCUT2D eigenvalue weighted by Gasteiger charge is -2.28. The maximum atomic E-state index is 13.0. The van der Waals surface area contributed by atoms with Gasteiger partial charge in [0.1, 0.15) is 11.4 Å². The molecule has 1 fully saturated rings. The first-order chi connectivity index (χ1) is 13.2. The van der Waals surface area contributed by atoms with Crippen LogP contribution >= 0.6 is 0 Å². The van der Waals surface area contributed by atoms with Crippen molar-refractivity contribution in [1.29, 1.82) is 0 Å². The Hall–Kier alpha value is -3.12. The molecule has 2 aromatic carbocycles. The second-order valence-electron chi connectivity index (χ2n) is 6.03. The lowest BCUT2D eigenvalue weighted by Crippen LogP contribution is -2.44. The molecule has 3 rings (SSSR count). The average Bonchev–Trinajstić information content (AvgIpc) is 2.74. The molecule has 140 valence electrons. The number of nitrogens with one attached hydrogen (secondary N) is 1. The van der Waals surface area contributed by atoms with E-state index in [0.29, 0.717) is 37.6 Å². The summed E-state index contributed by atoms with van der Waals surface area (Å²) in [4.78, 5) is 27.4. The maximum Gasteiger partial charge on any atom is 0.270 e. The van der Waals surface area contributed by atoms with Gasteiger partial charge in [0.05, 0.1) is 25.9 Å². The van der Waals surface area contributed by atoms with Gasteiger partial charge in [-0.15, -0.1) is 0 Å². The third-order valence-electron chi connectivity index (χ3n) is 4.24. The number of hydrogen-bond donors (Lipinski definition) is 1. The number of benzene rings is 2. The van der Waals surface area contributed by atoms with Crippen molar-refractivity contribution in [2.45, 2.75) is 0 Å². The molecule has 0 aliphatic carbocycles. The Balaban J connectivity index is 1.88. The molecule has 0 saturated carbocycles. The fraction of sp³-hybridized carbons (Fsp3) is 0.238. The minimum atomic E-state index is -0.392. The summed E-state index contributed by atoms with van der Waals surface area (Å²) in [5, 5.41) is 2.76. The van der Waals surface area contributed by atoms with Crippen molar-refractivity contribution in [3.63, 3.8) is 0 Å². The van der Waals surface area contributed by atoms with E-state index in [1.807, 2.05) is 30.3 Å². The van der Waals surface area contributed by atoms with Crippen molar-refractivity contribution in [2.24, 2.45) is 0 Å². The van der Waals surface area contributed by atoms with Crippen molar-refractivity contribution >= 4 is 17.9 Å². The van der Waals surface area contributed by atoms with Crippen LogP contribution in [0.15, 0.2) is 60.3 Å². The molecule has 1 saturated heterocycles. The lowest BCUT2D eigenvalue weighted by molar-refractivity contribution is -0.131. The van der Waals surface area contributed by atoms with Crippen LogP contribution in [0, 0.1) is 0 Å². The van der Waals surface area contributed by atoms with E-state index < -0.39 is 5.91 Å². The summed E-state index contributed by atoms with van der Waals surface area (Å²) in [7, 11) is 1.51. The van der Waals surface area contributed by atoms with Crippen LogP contribution in [-0.4, -0.2) is 50.1 Å². The highest BCUT2D eigenvalue weighted by Crippen LogP contribution is 2.18. The van der Waals surface area contributed by atoms with Crippen LogP contribution < -0.4 is 10.1 Å². The molecule has 6 nitrogen and oxygen atoms in total. The van der Waals surface area contributed by atoms with Crippen molar-refractivity contribution in [3.05, 3.63) is 71.4 Å². The highest BCUT2D eigenvalue weighted by atomic mass is 16.5. The summed E-state index contributed by atoms with van der Waals surface area (Å²) in [6.45, 7) is 1.97. The number of amides is 2. The third-order valence-corrected chi connectivity index (χ3v) is 4.24. The van der Waals surface area contributed by atoms with Crippen LogP contribution in [0.1, 0.15) is 15.9 Å². The molecule has 1 aliphatic heterocycles. The summed E-state index contributed by atoms with van der Waals surface area (Å²) >= 11 is 0. The number of rotatable bonds is 5. The second-order valence-corrected chi connectivity index (χ2v) is 6.03. The molecule has 1 heterocycles. The summed E-state index contributed by atoms with van der Waals surface area (Å²) in [5.41, 5.74) is 1.42. The van der Waals surface area contributed by atoms with Gasteiger partial charge < -0.3 is 19.7 Å². The zero-order valence-electron chi connectivity index (χ0n) is 15.2. The van der Waals surface area contributed by atoms with Crippen molar-refractivity contribution < 1.29 is 19.1 Å². The fourth-order valence-electron chi connectivity index (χ4n) is 2.83. The van der Waals surface area contributed by atoms with Gasteiger partial charge in [0, 0.05) is 13.1 Å². The fourth-order valence-corrected chi connectivity index (χ4v) is 2.83. The zero-order chi connectivity index (χ0) is 19.1. The van der Waals surface area contributed by atoms with E-state index in [-0.39, 0.29) is 11.6 Å². The molecule has 0 atom stereocenters. The van der Waals surface area contributed by atoms with Gasteiger partial charge in [0.2, 0.25) is 0 Å². The molecule has 6 heteroatoms. The predicted molar refractivity (Wildman–Crippen MR) is 102 cm³/mol. The minimum absolute atomic E-state index is 0.221. The van der Waals surface area contributed by atoms with Crippen LogP contribution in [0.2, 0.25) is 0 Å². The van der Waals surface area contributed by atoms with Gasteiger partial charge in [-0.3, -0.25) is 9.59 Å². The van der Waals surface area contributed by atoms with E-state index >= 15 is 0 Å². The summed E-state index contributed by atoms with van der Waals surface area (Å²) in [6.07, 6.45) is 1.69. The molecule has 1 aliphatic rings. The van der Waals surface area contributed by atoms with E-state index in [9.17, 15) is 9.59 Å². The molecule has 0 bridgehead atoms. The van der Waals surface area contributed by atoms with Gasteiger partial charge >= 0.3 is 0 Å². The Bertz CT molecular complexity index is 827.